The van der Waals surface area contributed by atoms with E-state index in [1.807, 2.05) is 20.8 Å². The van der Waals surface area contributed by atoms with Crippen molar-refractivity contribution < 1.29 is 18.7 Å². The van der Waals surface area contributed by atoms with E-state index in [1.165, 1.54) is 12.3 Å². The number of hydrogen-bond acceptors (Lipinski definition) is 4. The van der Waals surface area contributed by atoms with E-state index in [0.717, 1.165) is 12.1 Å². The van der Waals surface area contributed by atoms with Gasteiger partial charge in [-0.2, -0.15) is 0 Å². The Balaban J connectivity index is 2.09. The van der Waals surface area contributed by atoms with Crippen molar-refractivity contribution in [3.8, 4) is 0 Å². The van der Waals surface area contributed by atoms with Crippen molar-refractivity contribution in [3.63, 3.8) is 0 Å². The molecule has 0 saturated heterocycles. The van der Waals surface area contributed by atoms with Gasteiger partial charge in [-0.15, -0.1) is 0 Å². The average Bonchev–Trinajstić information content (AvgIpc) is 2.57. The molecule has 0 saturated carbocycles. The maximum absolute atomic E-state index is 13.3. The third kappa shape index (κ3) is 6.08. The average molecular weight is 377 g/mol. The fourth-order valence-electron chi connectivity index (χ4n) is 2.64. The van der Waals surface area contributed by atoms with E-state index in [0.29, 0.717) is 16.8 Å². The Bertz CT molecular complexity index is 806. The molecule has 2 rings (SSSR count). The Morgan fingerprint density at radius 3 is 2.56 bits per heavy atom. The first kappa shape index (κ1) is 20.9. The summed E-state index contributed by atoms with van der Waals surface area (Å²) in [6.45, 7) is 5.61. The molecule has 146 valence electrons. The summed E-state index contributed by atoms with van der Waals surface area (Å²) >= 11 is 0. The molecular formula is C20H25F2N3O2. The number of aromatic nitrogens is 1. The molecule has 0 fully saturated rings. The zero-order chi connectivity index (χ0) is 20.2. The van der Waals surface area contributed by atoms with E-state index in [2.05, 4.69) is 10.3 Å². The number of carbonyl (C=O) groups is 1. The molecule has 0 aliphatic carbocycles. The Labute approximate surface area is 157 Å². The van der Waals surface area contributed by atoms with Crippen LogP contribution in [0.2, 0.25) is 0 Å². The number of halogens is 2. The van der Waals surface area contributed by atoms with Crippen LogP contribution < -0.4 is 11.1 Å². The third-order valence-corrected chi connectivity index (χ3v) is 3.98. The number of amides is 1. The molecule has 1 aromatic heterocycles. The second-order valence-corrected chi connectivity index (χ2v) is 7.59. The van der Waals surface area contributed by atoms with Gasteiger partial charge in [0.1, 0.15) is 0 Å². The number of nitrogens with two attached hydrogens (primary N) is 1. The minimum Gasteiger partial charge on any atom is -0.391 e. The summed E-state index contributed by atoms with van der Waals surface area (Å²) in [4.78, 5) is 16.7. The molecule has 0 unspecified atom stereocenters. The molecule has 0 bridgehead atoms. The van der Waals surface area contributed by atoms with Crippen LogP contribution in [0.5, 0.6) is 0 Å². The number of pyridine rings is 1. The molecule has 7 heteroatoms. The smallest absolute Gasteiger partial charge is 0.253 e. The monoisotopic (exact) mass is 377 g/mol. The summed E-state index contributed by atoms with van der Waals surface area (Å²) < 4.78 is 26.3. The minimum atomic E-state index is -1.01. The Hall–Kier alpha value is -2.38. The first-order valence-corrected chi connectivity index (χ1v) is 8.71. The largest absolute Gasteiger partial charge is 0.391 e. The van der Waals surface area contributed by atoms with Gasteiger partial charge in [0.05, 0.1) is 17.4 Å². The summed E-state index contributed by atoms with van der Waals surface area (Å²) in [5.41, 5.74) is 6.88. The summed E-state index contributed by atoms with van der Waals surface area (Å²) in [7, 11) is 0. The number of rotatable bonds is 6. The summed E-state index contributed by atoms with van der Waals surface area (Å²) in [6, 6.07) is 6.07. The molecule has 5 nitrogen and oxygen atoms in total. The summed E-state index contributed by atoms with van der Waals surface area (Å²) in [5, 5.41) is 13.3. The van der Waals surface area contributed by atoms with Gasteiger partial charge < -0.3 is 16.2 Å². The van der Waals surface area contributed by atoms with E-state index < -0.39 is 29.3 Å². The molecule has 1 aromatic carbocycles. The van der Waals surface area contributed by atoms with Crippen LogP contribution in [0, 0.1) is 11.6 Å². The number of aliphatic hydroxyl groups excluding tert-OH is 1. The number of aliphatic hydroxyl groups is 1. The summed E-state index contributed by atoms with van der Waals surface area (Å²) in [5.74, 6) is -2.18. The maximum atomic E-state index is 13.3. The van der Waals surface area contributed by atoms with Crippen molar-refractivity contribution in [1.29, 1.82) is 0 Å². The van der Waals surface area contributed by atoms with Crippen LogP contribution in [-0.2, 0) is 12.8 Å². The van der Waals surface area contributed by atoms with Crippen molar-refractivity contribution >= 4 is 5.91 Å². The lowest BCUT2D eigenvalue weighted by molar-refractivity contribution is 0.0916. The molecule has 1 heterocycles. The van der Waals surface area contributed by atoms with Crippen molar-refractivity contribution in [2.45, 2.75) is 51.3 Å². The molecule has 2 atom stereocenters. The third-order valence-electron chi connectivity index (χ3n) is 3.98. The molecule has 27 heavy (non-hydrogen) atoms. The molecule has 2 aromatic rings. The van der Waals surface area contributed by atoms with Gasteiger partial charge in [0, 0.05) is 24.2 Å². The molecule has 0 aliphatic heterocycles. The highest BCUT2D eigenvalue weighted by Crippen LogP contribution is 2.15. The number of nitrogens with one attached hydrogen (secondary N) is 1. The lowest BCUT2D eigenvalue weighted by Crippen LogP contribution is -2.42. The normalized spacial score (nSPS) is 13.9. The Kier molecular flexibility index (Phi) is 6.62. The van der Waals surface area contributed by atoms with Crippen LogP contribution in [0.15, 0.2) is 36.5 Å². The molecule has 0 aliphatic rings. The standard InChI is InChI=1S/C20H25F2N3O2/c1-20(2,3)25-19(27)13-5-4-8-24-17(13)11-18(26)16(23)10-12-6-7-14(21)15(22)9-12/h4-9,16,18,26H,10-11,23H2,1-3H3,(H,25,27)/t16-,18+/m1/s1. The van der Waals surface area contributed by atoms with E-state index in [4.69, 9.17) is 5.73 Å². The molecular weight excluding hydrogens is 352 g/mol. The van der Waals surface area contributed by atoms with E-state index in [1.54, 1.807) is 12.1 Å². The van der Waals surface area contributed by atoms with E-state index in [9.17, 15) is 18.7 Å². The van der Waals surface area contributed by atoms with Crippen LogP contribution in [0.3, 0.4) is 0 Å². The van der Waals surface area contributed by atoms with Gasteiger partial charge in [0.25, 0.3) is 5.91 Å². The van der Waals surface area contributed by atoms with Gasteiger partial charge in [-0.3, -0.25) is 9.78 Å². The molecule has 0 radical (unpaired) electrons. The van der Waals surface area contributed by atoms with Crippen LogP contribution in [-0.4, -0.2) is 33.7 Å². The van der Waals surface area contributed by atoms with E-state index in [-0.39, 0.29) is 18.7 Å². The van der Waals surface area contributed by atoms with Gasteiger partial charge >= 0.3 is 0 Å². The van der Waals surface area contributed by atoms with Crippen LogP contribution in [0.4, 0.5) is 8.78 Å². The molecule has 4 N–H and O–H groups in total. The fourth-order valence-corrected chi connectivity index (χ4v) is 2.64. The van der Waals surface area contributed by atoms with Crippen molar-refractivity contribution in [3.05, 3.63) is 65.0 Å². The lowest BCUT2D eigenvalue weighted by atomic mass is 9.97. The number of benzene rings is 1. The maximum Gasteiger partial charge on any atom is 0.253 e. The van der Waals surface area contributed by atoms with E-state index >= 15 is 0 Å². The van der Waals surface area contributed by atoms with Gasteiger partial charge in [0.2, 0.25) is 0 Å². The first-order chi connectivity index (χ1) is 12.6. The fraction of sp³-hybridized carbons (Fsp3) is 0.400. The zero-order valence-corrected chi connectivity index (χ0v) is 15.7. The number of nitrogens with zero attached hydrogens (tertiary/aromatic N) is 1. The highest BCUT2D eigenvalue weighted by atomic mass is 19.2. The number of carbonyl (C=O) groups excluding carboxylic acids is 1. The predicted octanol–water partition coefficient (Wildman–Crippen LogP) is 2.36. The number of hydrogen-bond donors (Lipinski definition) is 3. The zero-order valence-electron chi connectivity index (χ0n) is 15.7. The van der Waals surface area contributed by atoms with Gasteiger partial charge in [-0.25, -0.2) is 8.78 Å². The molecule has 0 spiro atoms. The Morgan fingerprint density at radius 1 is 1.22 bits per heavy atom. The van der Waals surface area contributed by atoms with Crippen LogP contribution in [0.1, 0.15) is 42.4 Å². The molecule has 1 amide bonds. The quantitative estimate of drug-likeness (QED) is 0.721. The van der Waals surface area contributed by atoms with Crippen LogP contribution in [0.25, 0.3) is 0 Å². The second-order valence-electron chi connectivity index (χ2n) is 7.59. The Morgan fingerprint density at radius 2 is 1.93 bits per heavy atom. The van der Waals surface area contributed by atoms with Crippen molar-refractivity contribution in [2.24, 2.45) is 5.73 Å². The highest BCUT2D eigenvalue weighted by Gasteiger charge is 2.22. The second kappa shape index (κ2) is 8.54. The minimum absolute atomic E-state index is 0.0680. The first-order valence-electron chi connectivity index (χ1n) is 8.71. The lowest BCUT2D eigenvalue weighted by Gasteiger charge is -2.23. The van der Waals surface area contributed by atoms with Crippen molar-refractivity contribution in [2.75, 3.05) is 0 Å². The van der Waals surface area contributed by atoms with Crippen molar-refractivity contribution in [1.82, 2.24) is 10.3 Å². The summed E-state index contributed by atoms with van der Waals surface area (Å²) in [6.07, 6.45) is 0.763. The highest BCUT2D eigenvalue weighted by molar-refractivity contribution is 5.95. The SMILES string of the molecule is CC(C)(C)NC(=O)c1cccnc1C[C@H](O)[C@H](N)Cc1ccc(F)c(F)c1. The van der Waals surface area contributed by atoms with Crippen LogP contribution >= 0.6 is 0 Å². The van der Waals surface area contributed by atoms with Gasteiger partial charge in [-0.05, 0) is 57.0 Å². The van der Waals surface area contributed by atoms with Gasteiger partial charge in [0.15, 0.2) is 11.6 Å². The predicted molar refractivity (Wildman–Crippen MR) is 99.2 cm³/mol. The van der Waals surface area contributed by atoms with Gasteiger partial charge in [-0.1, -0.05) is 6.07 Å². The topological polar surface area (TPSA) is 88.2 Å².